The number of imide groups is 1. The molecule has 156 valence electrons. The van der Waals surface area contributed by atoms with Crippen LogP contribution in [0.4, 0.5) is 4.79 Å². The normalized spacial score (nSPS) is 14.8. The predicted octanol–water partition coefficient (Wildman–Crippen LogP) is 5.77. The summed E-state index contributed by atoms with van der Waals surface area (Å²) in [6.07, 6.45) is 1.63. The van der Waals surface area contributed by atoms with E-state index in [-0.39, 0.29) is 24.8 Å². The topological polar surface area (TPSA) is 58.6 Å². The number of rotatable bonds is 6. The smallest absolute Gasteiger partial charge is 0.329 e. The van der Waals surface area contributed by atoms with E-state index in [9.17, 15) is 9.59 Å². The van der Waals surface area contributed by atoms with E-state index in [4.69, 9.17) is 16.3 Å². The van der Waals surface area contributed by atoms with E-state index < -0.39 is 6.03 Å². The Balaban J connectivity index is 1.52. The maximum Gasteiger partial charge on any atom is 0.329 e. The summed E-state index contributed by atoms with van der Waals surface area (Å²) < 4.78 is 6.87. The number of carbonyl (C=O) groups is 2. The number of ether oxygens (including phenoxy) is 1. The van der Waals surface area contributed by atoms with Crippen molar-refractivity contribution in [2.75, 3.05) is 0 Å². The van der Waals surface area contributed by atoms with Gasteiger partial charge in [0.05, 0.1) is 6.54 Å². The molecule has 4 rings (SSSR count). The summed E-state index contributed by atoms with van der Waals surface area (Å²) >= 11 is 9.58. The first-order valence-corrected chi connectivity index (χ1v) is 10.7. The summed E-state index contributed by atoms with van der Waals surface area (Å²) in [6, 6.07) is 21.8. The Bertz CT molecular complexity index is 1160. The number of nitrogens with one attached hydrogen (secondary N) is 1. The summed E-state index contributed by atoms with van der Waals surface area (Å²) in [4.78, 5) is 26.4. The van der Waals surface area contributed by atoms with E-state index in [1.165, 1.54) is 4.90 Å². The van der Waals surface area contributed by atoms with E-state index in [0.717, 1.165) is 15.6 Å². The maximum absolute atomic E-state index is 12.8. The summed E-state index contributed by atoms with van der Waals surface area (Å²) in [5.41, 5.74) is 2.61. The summed E-state index contributed by atoms with van der Waals surface area (Å²) in [5.74, 6) is 0.206. The molecule has 1 aliphatic heterocycles. The molecule has 1 N–H and O–H groups in total. The Morgan fingerprint density at radius 2 is 1.68 bits per heavy atom. The Hall–Kier alpha value is -3.09. The van der Waals surface area contributed by atoms with Gasteiger partial charge in [-0.1, -0.05) is 76.1 Å². The van der Waals surface area contributed by atoms with Crippen molar-refractivity contribution < 1.29 is 14.3 Å². The van der Waals surface area contributed by atoms with Crippen LogP contribution in [0.2, 0.25) is 5.02 Å². The Morgan fingerprint density at radius 1 is 0.968 bits per heavy atom. The van der Waals surface area contributed by atoms with Gasteiger partial charge in [0.1, 0.15) is 18.1 Å². The minimum absolute atomic E-state index is 0.194. The van der Waals surface area contributed by atoms with Gasteiger partial charge < -0.3 is 10.1 Å². The quantitative estimate of drug-likeness (QED) is 0.347. The van der Waals surface area contributed by atoms with Crippen LogP contribution in [-0.2, 0) is 17.9 Å². The molecule has 1 aliphatic rings. The molecule has 3 aromatic rings. The van der Waals surface area contributed by atoms with Gasteiger partial charge >= 0.3 is 6.03 Å². The van der Waals surface area contributed by atoms with Crippen molar-refractivity contribution in [3.63, 3.8) is 0 Å². The molecular formula is C24H18BrClN2O3. The van der Waals surface area contributed by atoms with Gasteiger partial charge in [0.15, 0.2) is 0 Å². The highest BCUT2D eigenvalue weighted by molar-refractivity contribution is 9.10. The number of carbonyl (C=O) groups excluding carboxylic acids is 2. The van der Waals surface area contributed by atoms with E-state index in [2.05, 4.69) is 21.2 Å². The number of halogens is 2. The van der Waals surface area contributed by atoms with Crippen molar-refractivity contribution in [2.24, 2.45) is 0 Å². The molecule has 0 aliphatic carbocycles. The minimum atomic E-state index is -0.450. The van der Waals surface area contributed by atoms with Gasteiger partial charge in [-0.25, -0.2) is 4.79 Å². The molecular weight excluding hydrogens is 480 g/mol. The predicted molar refractivity (Wildman–Crippen MR) is 123 cm³/mol. The Labute approximate surface area is 193 Å². The van der Waals surface area contributed by atoms with Crippen molar-refractivity contribution in [1.82, 2.24) is 10.2 Å². The SMILES string of the molecule is O=C1N/C(=C/c2ccccc2OCc2ccccc2Cl)C(=O)N1Cc1ccc(Br)cc1. The van der Waals surface area contributed by atoms with E-state index in [0.29, 0.717) is 16.3 Å². The zero-order valence-corrected chi connectivity index (χ0v) is 18.7. The summed E-state index contributed by atoms with van der Waals surface area (Å²) in [5, 5.41) is 3.28. The average molecular weight is 498 g/mol. The molecule has 0 unspecified atom stereocenters. The molecule has 0 spiro atoms. The first-order valence-electron chi connectivity index (χ1n) is 9.55. The average Bonchev–Trinajstić information content (AvgIpc) is 3.03. The molecule has 31 heavy (non-hydrogen) atoms. The number of nitrogens with zero attached hydrogens (tertiary/aromatic N) is 1. The molecule has 0 saturated carbocycles. The fourth-order valence-electron chi connectivity index (χ4n) is 3.15. The number of para-hydroxylation sites is 1. The van der Waals surface area contributed by atoms with Crippen LogP contribution >= 0.6 is 27.5 Å². The number of hydrogen-bond donors (Lipinski definition) is 1. The molecule has 1 saturated heterocycles. The van der Waals surface area contributed by atoms with Crippen molar-refractivity contribution >= 4 is 45.5 Å². The largest absolute Gasteiger partial charge is 0.488 e. The highest BCUT2D eigenvalue weighted by atomic mass is 79.9. The lowest BCUT2D eigenvalue weighted by Gasteiger charge is -2.12. The van der Waals surface area contributed by atoms with Gasteiger partial charge in [-0.3, -0.25) is 9.69 Å². The van der Waals surface area contributed by atoms with Crippen LogP contribution in [0.5, 0.6) is 5.75 Å². The number of amides is 3. The van der Waals surface area contributed by atoms with Crippen molar-refractivity contribution in [2.45, 2.75) is 13.2 Å². The van der Waals surface area contributed by atoms with Gasteiger partial charge in [0, 0.05) is 20.6 Å². The zero-order chi connectivity index (χ0) is 21.8. The van der Waals surface area contributed by atoms with Crippen LogP contribution in [0.3, 0.4) is 0 Å². The molecule has 0 bridgehead atoms. The Kier molecular flexibility index (Phi) is 6.39. The third-order valence-corrected chi connectivity index (χ3v) is 5.67. The van der Waals surface area contributed by atoms with E-state index in [1.807, 2.05) is 66.7 Å². The summed E-state index contributed by atoms with van der Waals surface area (Å²) in [7, 11) is 0. The van der Waals surface area contributed by atoms with Gasteiger partial charge in [-0.05, 0) is 35.9 Å². The molecule has 1 heterocycles. The minimum Gasteiger partial charge on any atom is -0.488 e. The van der Waals surface area contributed by atoms with Crippen molar-refractivity contribution in [1.29, 1.82) is 0 Å². The van der Waals surface area contributed by atoms with Crippen molar-refractivity contribution in [3.05, 3.63) is 105 Å². The van der Waals surface area contributed by atoms with Crippen LogP contribution in [-0.4, -0.2) is 16.8 Å². The van der Waals surface area contributed by atoms with Crippen LogP contribution in [0.25, 0.3) is 6.08 Å². The lowest BCUT2D eigenvalue weighted by molar-refractivity contribution is -0.123. The van der Waals surface area contributed by atoms with Crippen LogP contribution in [0, 0.1) is 0 Å². The van der Waals surface area contributed by atoms with Crippen LogP contribution in [0.1, 0.15) is 16.7 Å². The lowest BCUT2D eigenvalue weighted by Crippen LogP contribution is -2.30. The maximum atomic E-state index is 12.8. The van der Waals surface area contributed by atoms with Gasteiger partial charge in [-0.15, -0.1) is 0 Å². The molecule has 1 fully saturated rings. The summed E-state index contributed by atoms with van der Waals surface area (Å²) in [6.45, 7) is 0.482. The molecule has 0 aromatic heterocycles. The second-order valence-corrected chi connectivity index (χ2v) is 8.25. The van der Waals surface area contributed by atoms with Gasteiger partial charge in [0.25, 0.3) is 5.91 Å². The van der Waals surface area contributed by atoms with E-state index >= 15 is 0 Å². The second kappa shape index (κ2) is 9.37. The fraction of sp³-hybridized carbons (Fsp3) is 0.0833. The standard InChI is InChI=1S/C24H18BrClN2O3/c25-19-11-9-16(10-12-19)14-28-23(29)21(27-24(28)30)13-17-5-2-4-8-22(17)31-15-18-6-1-3-7-20(18)26/h1-13H,14-15H2,(H,27,30)/b21-13+. The first kappa shape index (κ1) is 21.2. The molecule has 5 nitrogen and oxygen atoms in total. The molecule has 3 aromatic carbocycles. The number of hydrogen-bond acceptors (Lipinski definition) is 3. The van der Waals surface area contributed by atoms with Gasteiger partial charge in [-0.2, -0.15) is 0 Å². The zero-order valence-electron chi connectivity index (χ0n) is 16.3. The highest BCUT2D eigenvalue weighted by Gasteiger charge is 2.33. The molecule has 3 amide bonds. The monoisotopic (exact) mass is 496 g/mol. The fourth-order valence-corrected chi connectivity index (χ4v) is 3.60. The second-order valence-electron chi connectivity index (χ2n) is 6.92. The van der Waals surface area contributed by atoms with Crippen molar-refractivity contribution in [3.8, 4) is 5.75 Å². The Morgan fingerprint density at radius 3 is 2.45 bits per heavy atom. The lowest BCUT2D eigenvalue weighted by atomic mass is 10.1. The first-order chi connectivity index (χ1) is 15.0. The molecule has 0 radical (unpaired) electrons. The van der Waals surface area contributed by atoms with Gasteiger partial charge in [0.2, 0.25) is 0 Å². The van der Waals surface area contributed by atoms with Crippen LogP contribution < -0.4 is 10.1 Å². The third kappa shape index (κ3) is 4.98. The number of urea groups is 1. The third-order valence-electron chi connectivity index (χ3n) is 4.78. The number of benzene rings is 3. The molecule has 0 atom stereocenters. The highest BCUT2D eigenvalue weighted by Crippen LogP contribution is 2.25. The van der Waals surface area contributed by atoms with Crippen LogP contribution in [0.15, 0.2) is 83.0 Å². The molecule has 7 heteroatoms. The van der Waals surface area contributed by atoms with E-state index in [1.54, 1.807) is 12.1 Å².